The molecule has 0 bridgehead atoms. The van der Waals surface area contributed by atoms with Crippen LogP contribution in [-0.2, 0) is 6.54 Å². The Hall–Kier alpha value is -1.84. The highest BCUT2D eigenvalue weighted by Crippen LogP contribution is 2.42. The van der Waals surface area contributed by atoms with Gasteiger partial charge in [-0.3, -0.25) is 0 Å². The van der Waals surface area contributed by atoms with Gasteiger partial charge in [-0.05, 0) is 35.0 Å². The summed E-state index contributed by atoms with van der Waals surface area (Å²) >= 11 is 1.76. The van der Waals surface area contributed by atoms with Crippen molar-refractivity contribution < 1.29 is 4.74 Å². The molecule has 22 heavy (non-hydrogen) atoms. The van der Waals surface area contributed by atoms with Crippen molar-refractivity contribution in [2.75, 3.05) is 20.7 Å². The van der Waals surface area contributed by atoms with Crippen molar-refractivity contribution in [3.8, 4) is 5.75 Å². The van der Waals surface area contributed by atoms with Gasteiger partial charge in [-0.25, -0.2) is 0 Å². The average Bonchev–Trinajstić information content (AvgIpc) is 3.01. The van der Waals surface area contributed by atoms with Crippen LogP contribution in [0.15, 0.2) is 47.8 Å². The maximum Gasteiger partial charge on any atom is 0.140 e. The number of fused-ring (bicyclic) bond motifs is 2. The maximum atomic E-state index is 5.81. The van der Waals surface area contributed by atoms with Crippen LogP contribution in [0.25, 0.3) is 10.1 Å². The summed E-state index contributed by atoms with van der Waals surface area (Å²) in [5, 5.41) is 3.40. The Morgan fingerprint density at radius 2 is 1.95 bits per heavy atom. The normalized spacial score (nSPS) is 18.4. The van der Waals surface area contributed by atoms with E-state index in [-0.39, 0.29) is 0 Å². The highest BCUT2D eigenvalue weighted by molar-refractivity contribution is 7.17. The monoisotopic (exact) mass is 309 g/mol. The molecule has 4 rings (SSSR count). The molecule has 1 aromatic heterocycles. The average molecular weight is 309 g/mol. The van der Waals surface area contributed by atoms with Crippen LogP contribution >= 0.6 is 11.3 Å². The molecular weight excluding hydrogens is 290 g/mol. The summed E-state index contributed by atoms with van der Waals surface area (Å²) < 4.78 is 7.07. The third kappa shape index (κ3) is 2.13. The molecule has 1 aliphatic heterocycles. The first kappa shape index (κ1) is 13.8. The molecule has 1 atom stereocenters. The summed E-state index contributed by atoms with van der Waals surface area (Å²) in [6.07, 6.45) is 0. The molecule has 0 fully saturated rings. The minimum Gasteiger partial charge on any atom is -0.495 e. The smallest absolute Gasteiger partial charge is 0.140 e. The van der Waals surface area contributed by atoms with E-state index in [1.807, 2.05) is 0 Å². The Labute approximate surface area is 135 Å². The van der Waals surface area contributed by atoms with Crippen LogP contribution in [0.3, 0.4) is 0 Å². The number of benzene rings is 2. The van der Waals surface area contributed by atoms with Crippen molar-refractivity contribution in [3.05, 3.63) is 64.5 Å². The Bertz CT molecular complexity index is 823. The van der Waals surface area contributed by atoms with Crippen LogP contribution in [0.1, 0.15) is 22.6 Å². The Morgan fingerprint density at radius 1 is 1.09 bits per heavy atom. The quantitative estimate of drug-likeness (QED) is 0.691. The van der Waals surface area contributed by atoms with Gasteiger partial charge in [0.15, 0.2) is 0 Å². The van der Waals surface area contributed by atoms with Crippen molar-refractivity contribution in [1.29, 1.82) is 0 Å². The predicted molar refractivity (Wildman–Crippen MR) is 93.0 cm³/mol. The Kier molecular flexibility index (Phi) is 3.40. The molecule has 3 aromatic rings. The van der Waals surface area contributed by atoms with Crippen LogP contribution in [-0.4, -0.2) is 25.6 Å². The number of hydrogen-bond acceptors (Lipinski definition) is 3. The highest BCUT2D eigenvalue weighted by Gasteiger charge is 2.27. The van der Waals surface area contributed by atoms with Crippen LogP contribution in [0, 0.1) is 0 Å². The lowest BCUT2D eigenvalue weighted by atomic mass is 9.84. The van der Waals surface area contributed by atoms with Crippen LogP contribution < -0.4 is 4.74 Å². The topological polar surface area (TPSA) is 12.5 Å². The fourth-order valence-corrected chi connectivity index (χ4v) is 4.49. The predicted octanol–water partition coefficient (Wildman–Crippen LogP) is 4.49. The van der Waals surface area contributed by atoms with Crippen LogP contribution in [0.5, 0.6) is 5.75 Å². The second-order valence-electron chi connectivity index (χ2n) is 5.98. The summed E-state index contributed by atoms with van der Waals surface area (Å²) in [5.74, 6) is 1.42. The first-order valence-electron chi connectivity index (χ1n) is 7.58. The van der Waals surface area contributed by atoms with Crippen molar-refractivity contribution in [2.24, 2.45) is 0 Å². The lowest BCUT2D eigenvalue weighted by molar-refractivity contribution is 0.292. The first-order valence-corrected chi connectivity index (χ1v) is 8.46. The SMILES string of the molecule is COc1c(C2CN(C)Cc3ccccc32)ccc2ccsc12. The van der Waals surface area contributed by atoms with Gasteiger partial charge in [-0.1, -0.05) is 36.4 Å². The molecule has 0 amide bonds. The van der Waals surface area contributed by atoms with Gasteiger partial charge in [0.25, 0.3) is 0 Å². The number of rotatable bonds is 2. The van der Waals surface area contributed by atoms with Gasteiger partial charge in [-0.15, -0.1) is 11.3 Å². The molecule has 3 heteroatoms. The molecule has 0 radical (unpaired) electrons. The van der Waals surface area contributed by atoms with Crippen LogP contribution in [0.4, 0.5) is 0 Å². The highest BCUT2D eigenvalue weighted by atomic mass is 32.1. The molecule has 112 valence electrons. The molecule has 1 aliphatic rings. The van der Waals surface area contributed by atoms with Gasteiger partial charge in [0.2, 0.25) is 0 Å². The molecule has 0 saturated carbocycles. The number of hydrogen-bond donors (Lipinski definition) is 0. The fraction of sp³-hybridized carbons (Fsp3) is 0.263. The Balaban J connectivity index is 1.92. The van der Waals surface area contributed by atoms with E-state index in [1.54, 1.807) is 18.4 Å². The lowest BCUT2D eigenvalue weighted by Gasteiger charge is -2.33. The summed E-state index contributed by atoms with van der Waals surface area (Å²) in [6, 6.07) is 15.4. The van der Waals surface area contributed by atoms with Crippen molar-refractivity contribution >= 4 is 21.4 Å². The third-order valence-electron chi connectivity index (χ3n) is 4.55. The van der Waals surface area contributed by atoms with E-state index in [0.717, 1.165) is 18.8 Å². The maximum absolute atomic E-state index is 5.81. The van der Waals surface area contributed by atoms with E-state index in [1.165, 1.54) is 26.8 Å². The molecule has 2 aromatic carbocycles. The van der Waals surface area contributed by atoms with E-state index in [0.29, 0.717) is 5.92 Å². The largest absolute Gasteiger partial charge is 0.495 e. The molecule has 1 unspecified atom stereocenters. The zero-order valence-corrected chi connectivity index (χ0v) is 13.7. The lowest BCUT2D eigenvalue weighted by Crippen LogP contribution is -2.31. The second-order valence-corrected chi connectivity index (χ2v) is 6.89. The van der Waals surface area contributed by atoms with E-state index in [4.69, 9.17) is 4.74 Å². The van der Waals surface area contributed by atoms with Gasteiger partial charge in [0.1, 0.15) is 5.75 Å². The third-order valence-corrected chi connectivity index (χ3v) is 5.48. The second kappa shape index (κ2) is 5.41. The van der Waals surface area contributed by atoms with E-state index in [2.05, 4.69) is 59.8 Å². The summed E-state index contributed by atoms with van der Waals surface area (Å²) in [5.41, 5.74) is 4.17. The zero-order chi connectivity index (χ0) is 15.1. The number of likely N-dealkylation sites (N-methyl/N-ethyl adjacent to an activating group) is 1. The van der Waals surface area contributed by atoms with E-state index < -0.39 is 0 Å². The number of nitrogens with zero attached hydrogens (tertiary/aromatic N) is 1. The van der Waals surface area contributed by atoms with Gasteiger partial charge in [0.05, 0.1) is 11.8 Å². The standard InChI is InChI=1S/C19H19NOS/c1-20-11-14-5-3-4-6-15(14)17(12-20)16-8-7-13-9-10-22-19(13)18(16)21-2/h3-10,17H,11-12H2,1-2H3. The van der Waals surface area contributed by atoms with E-state index >= 15 is 0 Å². The number of thiophene rings is 1. The van der Waals surface area contributed by atoms with Crippen LogP contribution in [0.2, 0.25) is 0 Å². The van der Waals surface area contributed by atoms with Crippen molar-refractivity contribution in [1.82, 2.24) is 4.90 Å². The van der Waals surface area contributed by atoms with E-state index in [9.17, 15) is 0 Å². The van der Waals surface area contributed by atoms with Crippen molar-refractivity contribution in [2.45, 2.75) is 12.5 Å². The number of methoxy groups -OCH3 is 1. The molecule has 0 spiro atoms. The van der Waals surface area contributed by atoms with Gasteiger partial charge >= 0.3 is 0 Å². The summed E-state index contributed by atoms with van der Waals surface area (Å²) in [6.45, 7) is 2.06. The molecule has 0 N–H and O–H groups in total. The zero-order valence-electron chi connectivity index (χ0n) is 12.9. The summed E-state index contributed by atoms with van der Waals surface area (Å²) in [4.78, 5) is 2.39. The Morgan fingerprint density at radius 3 is 2.82 bits per heavy atom. The first-order chi connectivity index (χ1) is 10.8. The fourth-order valence-electron chi connectivity index (χ4n) is 3.56. The molecule has 0 saturated heterocycles. The molecular formula is C19H19NOS. The van der Waals surface area contributed by atoms with Gasteiger partial charge in [-0.2, -0.15) is 0 Å². The summed E-state index contributed by atoms with van der Waals surface area (Å²) in [7, 11) is 3.98. The van der Waals surface area contributed by atoms with Gasteiger partial charge in [0, 0.05) is 24.6 Å². The molecule has 2 heterocycles. The van der Waals surface area contributed by atoms with Crippen molar-refractivity contribution in [3.63, 3.8) is 0 Å². The minimum atomic E-state index is 0.372. The molecule has 0 aliphatic carbocycles. The minimum absolute atomic E-state index is 0.372. The molecule has 2 nitrogen and oxygen atoms in total. The number of ether oxygens (including phenoxy) is 1. The van der Waals surface area contributed by atoms with Gasteiger partial charge < -0.3 is 9.64 Å².